The topological polar surface area (TPSA) is 55.8 Å². The molecule has 0 aliphatic carbocycles. The van der Waals surface area contributed by atoms with Crippen LogP contribution in [-0.4, -0.2) is 52.2 Å². The fraction of sp³-hybridized carbons (Fsp3) is 0.600. The molecule has 0 saturated carbocycles. The maximum Gasteiger partial charge on any atom is 0.218 e. The first-order valence-electron chi connectivity index (χ1n) is 7.24. The molecule has 1 aromatic rings. The van der Waals surface area contributed by atoms with Crippen LogP contribution in [0, 0.1) is 0 Å². The average molecular weight is 313 g/mol. The van der Waals surface area contributed by atoms with Crippen LogP contribution >= 0.6 is 0 Å². The Morgan fingerprint density at radius 3 is 2.43 bits per heavy atom. The molecule has 1 saturated heterocycles. The van der Waals surface area contributed by atoms with Crippen LogP contribution in [0.5, 0.6) is 0 Å². The van der Waals surface area contributed by atoms with Gasteiger partial charge in [0.25, 0.3) is 0 Å². The van der Waals surface area contributed by atoms with Crippen molar-refractivity contribution in [3.05, 3.63) is 35.9 Å². The molecule has 2 rings (SSSR count). The van der Waals surface area contributed by atoms with Gasteiger partial charge in [0.05, 0.1) is 25.1 Å². The van der Waals surface area contributed by atoms with Gasteiger partial charge in [0, 0.05) is 20.2 Å². The molecule has 118 valence electrons. The Labute approximate surface area is 126 Å². The number of rotatable bonds is 7. The molecular formula is C15H23NO4S. The Hall–Kier alpha value is -0.950. The normalized spacial score (nSPS) is 18.0. The summed E-state index contributed by atoms with van der Waals surface area (Å²) in [4.78, 5) is 0. The van der Waals surface area contributed by atoms with E-state index in [2.05, 4.69) is 0 Å². The van der Waals surface area contributed by atoms with E-state index in [0.29, 0.717) is 26.3 Å². The highest BCUT2D eigenvalue weighted by atomic mass is 32.2. The molecule has 0 N–H and O–H groups in total. The smallest absolute Gasteiger partial charge is 0.218 e. The van der Waals surface area contributed by atoms with Crippen molar-refractivity contribution >= 4 is 10.0 Å². The number of benzene rings is 1. The molecule has 1 fully saturated rings. The lowest BCUT2D eigenvalue weighted by molar-refractivity contribution is -0.00503. The summed E-state index contributed by atoms with van der Waals surface area (Å²) in [5, 5.41) is 0. The van der Waals surface area contributed by atoms with Crippen LogP contribution in [0.3, 0.4) is 0 Å². The molecule has 0 radical (unpaired) electrons. The lowest BCUT2D eigenvalue weighted by atomic mass is 10.1. The summed E-state index contributed by atoms with van der Waals surface area (Å²) in [7, 11) is -1.59. The number of hydrogen-bond donors (Lipinski definition) is 0. The second-order valence-corrected chi connectivity index (χ2v) is 7.17. The van der Waals surface area contributed by atoms with E-state index < -0.39 is 10.0 Å². The highest BCUT2D eigenvalue weighted by Gasteiger charge is 2.28. The standard InChI is InChI=1S/C15H23NO4S/c1-19-11-12-20-15-7-9-16(10-8-15)21(17,18)13-14-5-3-2-4-6-14/h2-6,15H,7-13H2,1H3. The SMILES string of the molecule is COCCOC1CCN(S(=O)(=O)Cc2ccccc2)CC1. The molecule has 0 unspecified atom stereocenters. The Morgan fingerprint density at radius 2 is 1.81 bits per heavy atom. The molecule has 0 aromatic heterocycles. The average Bonchev–Trinajstić information content (AvgIpc) is 2.49. The van der Waals surface area contributed by atoms with Crippen molar-refractivity contribution in [1.29, 1.82) is 0 Å². The minimum Gasteiger partial charge on any atom is -0.382 e. The van der Waals surface area contributed by atoms with E-state index in [0.717, 1.165) is 18.4 Å². The van der Waals surface area contributed by atoms with Gasteiger partial charge in [-0.25, -0.2) is 12.7 Å². The second kappa shape index (κ2) is 7.89. The maximum absolute atomic E-state index is 12.4. The third-order valence-corrected chi connectivity index (χ3v) is 5.48. The quantitative estimate of drug-likeness (QED) is 0.718. The predicted molar refractivity (Wildman–Crippen MR) is 81.5 cm³/mol. The van der Waals surface area contributed by atoms with Crippen molar-refractivity contribution in [1.82, 2.24) is 4.31 Å². The van der Waals surface area contributed by atoms with Gasteiger partial charge >= 0.3 is 0 Å². The first-order valence-corrected chi connectivity index (χ1v) is 8.85. The van der Waals surface area contributed by atoms with Crippen molar-refractivity contribution in [2.75, 3.05) is 33.4 Å². The molecule has 1 heterocycles. The molecule has 0 atom stereocenters. The Kier molecular flexibility index (Phi) is 6.17. The monoisotopic (exact) mass is 313 g/mol. The first kappa shape index (κ1) is 16.4. The Bertz CT molecular complexity index is 510. The van der Waals surface area contributed by atoms with Crippen LogP contribution in [0.2, 0.25) is 0 Å². The van der Waals surface area contributed by atoms with Gasteiger partial charge in [0.15, 0.2) is 0 Å². The fourth-order valence-electron chi connectivity index (χ4n) is 2.45. The Balaban J connectivity index is 1.83. The van der Waals surface area contributed by atoms with E-state index >= 15 is 0 Å². The lowest BCUT2D eigenvalue weighted by Gasteiger charge is -2.31. The highest BCUT2D eigenvalue weighted by molar-refractivity contribution is 7.88. The van der Waals surface area contributed by atoms with Crippen LogP contribution in [0.4, 0.5) is 0 Å². The van der Waals surface area contributed by atoms with Crippen molar-refractivity contribution in [2.45, 2.75) is 24.7 Å². The van der Waals surface area contributed by atoms with Crippen LogP contribution < -0.4 is 0 Å². The molecule has 1 aliphatic rings. The molecule has 1 aromatic carbocycles. The van der Waals surface area contributed by atoms with Gasteiger partial charge in [-0.05, 0) is 18.4 Å². The third kappa shape index (κ3) is 5.07. The summed E-state index contributed by atoms with van der Waals surface area (Å²) >= 11 is 0. The van der Waals surface area contributed by atoms with Gasteiger partial charge in [-0.15, -0.1) is 0 Å². The van der Waals surface area contributed by atoms with E-state index in [9.17, 15) is 8.42 Å². The number of methoxy groups -OCH3 is 1. The predicted octanol–water partition coefficient (Wildman–Crippen LogP) is 1.64. The van der Waals surface area contributed by atoms with Gasteiger partial charge < -0.3 is 9.47 Å². The zero-order valence-corrected chi connectivity index (χ0v) is 13.2. The maximum atomic E-state index is 12.4. The highest BCUT2D eigenvalue weighted by Crippen LogP contribution is 2.19. The second-order valence-electron chi connectivity index (χ2n) is 5.20. The van der Waals surface area contributed by atoms with Gasteiger partial charge in [-0.2, -0.15) is 0 Å². The number of sulfonamides is 1. The largest absolute Gasteiger partial charge is 0.382 e. The van der Waals surface area contributed by atoms with Gasteiger partial charge in [0.1, 0.15) is 0 Å². The summed E-state index contributed by atoms with van der Waals surface area (Å²) in [5.74, 6) is 0.0725. The number of ether oxygens (including phenoxy) is 2. The summed E-state index contributed by atoms with van der Waals surface area (Å²) in [6.07, 6.45) is 1.64. The molecule has 21 heavy (non-hydrogen) atoms. The minimum absolute atomic E-state index is 0.0725. The lowest BCUT2D eigenvalue weighted by Crippen LogP contribution is -2.41. The summed E-state index contributed by atoms with van der Waals surface area (Å²) < 4.78 is 37.0. The fourth-order valence-corrected chi connectivity index (χ4v) is 4.01. The molecule has 6 heteroatoms. The summed E-state index contributed by atoms with van der Waals surface area (Å²) in [6, 6.07) is 9.30. The van der Waals surface area contributed by atoms with Crippen LogP contribution in [0.1, 0.15) is 18.4 Å². The van der Waals surface area contributed by atoms with E-state index in [-0.39, 0.29) is 11.9 Å². The van der Waals surface area contributed by atoms with Crippen LogP contribution in [0.25, 0.3) is 0 Å². The number of nitrogens with zero attached hydrogens (tertiary/aromatic N) is 1. The zero-order valence-electron chi connectivity index (χ0n) is 12.4. The number of piperidine rings is 1. The molecule has 0 bridgehead atoms. The molecule has 1 aliphatic heterocycles. The molecule has 0 amide bonds. The van der Waals surface area contributed by atoms with Crippen molar-refractivity contribution < 1.29 is 17.9 Å². The van der Waals surface area contributed by atoms with Crippen molar-refractivity contribution in [2.24, 2.45) is 0 Å². The summed E-state index contributed by atoms with van der Waals surface area (Å²) in [6.45, 7) is 2.21. The van der Waals surface area contributed by atoms with E-state index in [4.69, 9.17) is 9.47 Å². The Morgan fingerprint density at radius 1 is 1.14 bits per heavy atom. The van der Waals surface area contributed by atoms with Gasteiger partial charge in [0.2, 0.25) is 10.0 Å². The van der Waals surface area contributed by atoms with E-state index in [1.165, 1.54) is 0 Å². The third-order valence-electron chi connectivity index (χ3n) is 3.63. The zero-order chi connectivity index (χ0) is 15.1. The number of hydrogen-bond acceptors (Lipinski definition) is 4. The van der Waals surface area contributed by atoms with Crippen LogP contribution in [-0.2, 0) is 25.2 Å². The molecule has 5 nitrogen and oxygen atoms in total. The first-order chi connectivity index (χ1) is 10.1. The van der Waals surface area contributed by atoms with Gasteiger partial charge in [-0.3, -0.25) is 0 Å². The van der Waals surface area contributed by atoms with Gasteiger partial charge in [-0.1, -0.05) is 30.3 Å². The molecular weight excluding hydrogens is 290 g/mol. The van der Waals surface area contributed by atoms with Crippen LogP contribution in [0.15, 0.2) is 30.3 Å². The van der Waals surface area contributed by atoms with E-state index in [1.807, 2.05) is 30.3 Å². The molecule has 0 spiro atoms. The van der Waals surface area contributed by atoms with E-state index in [1.54, 1.807) is 11.4 Å². The minimum atomic E-state index is -3.23. The van der Waals surface area contributed by atoms with Crippen molar-refractivity contribution in [3.8, 4) is 0 Å². The van der Waals surface area contributed by atoms with Crippen molar-refractivity contribution in [3.63, 3.8) is 0 Å². The summed E-state index contributed by atoms with van der Waals surface area (Å²) in [5.41, 5.74) is 0.830.